The summed E-state index contributed by atoms with van der Waals surface area (Å²) in [6.45, 7) is 1.28. The Balaban J connectivity index is 1.37. The van der Waals surface area contributed by atoms with Crippen molar-refractivity contribution in [3.8, 4) is 22.8 Å². The Labute approximate surface area is 177 Å². The molecule has 0 spiro atoms. The molecule has 0 aliphatic rings. The van der Waals surface area contributed by atoms with Gasteiger partial charge in [-0.05, 0) is 47.5 Å². The Hall–Kier alpha value is -3.79. The monoisotopic (exact) mass is 396 g/mol. The molecule has 0 amide bonds. The quantitative estimate of drug-likeness (QED) is 0.400. The molecule has 0 unspecified atom stereocenters. The first kappa shape index (κ1) is 19.5. The Bertz CT molecular complexity index is 1060. The van der Waals surface area contributed by atoms with Crippen LogP contribution in [0.4, 0.5) is 5.69 Å². The van der Waals surface area contributed by atoms with Crippen LogP contribution in [-0.4, -0.2) is 12.1 Å². The van der Waals surface area contributed by atoms with Crippen molar-refractivity contribution in [3.63, 3.8) is 0 Å². The van der Waals surface area contributed by atoms with Crippen molar-refractivity contribution >= 4 is 5.69 Å². The Morgan fingerprint density at radius 1 is 0.767 bits per heavy atom. The number of methoxy groups -OCH3 is 1. The number of hydrogen-bond acceptors (Lipinski definition) is 4. The van der Waals surface area contributed by atoms with E-state index < -0.39 is 0 Å². The average Bonchev–Trinajstić information content (AvgIpc) is 2.83. The van der Waals surface area contributed by atoms with Gasteiger partial charge in [0.25, 0.3) is 0 Å². The Morgan fingerprint density at radius 3 is 2.33 bits per heavy atom. The van der Waals surface area contributed by atoms with Gasteiger partial charge in [-0.2, -0.15) is 0 Å². The number of anilines is 1. The maximum absolute atomic E-state index is 5.93. The molecule has 30 heavy (non-hydrogen) atoms. The second-order valence-corrected chi connectivity index (χ2v) is 6.94. The molecule has 0 atom stereocenters. The first-order valence-electron chi connectivity index (χ1n) is 9.90. The van der Waals surface area contributed by atoms with Gasteiger partial charge in [0.05, 0.1) is 24.7 Å². The number of nitrogens with one attached hydrogen (secondary N) is 1. The number of rotatable bonds is 8. The van der Waals surface area contributed by atoms with Gasteiger partial charge in [0.1, 0.15) is 18.1 Å². The fourth-order valence-electron chi connectivity index (χ4n) is 3.10. The summed E-state index contributed by atoms with van der Waals surface area (Å²) in [4.78, 5) is 4.61. The number of hydrogen-bond donors (Lipinski definition) is 1. The van der Waals surface area contributed by atoms with E-state index in [0.717, 1.165) is 40.6 Å². The maximum Gasteiger partial charge on any atom is 0.120 e. The number of ether oxygens (including phenoxy) is 2. The predicted octanol–water partition coefficient (Wildman–Crippen LogP) is 5.95. The largest absolute Gasteiger partial charge is 0.497 e. The minimum absolute atomic E-state index is 0.548. The zero-order valence-electron chi connectivity index (χ0n) is 16.9. The molecule has 0 fully saturated rings. The van der Waals surface area contributed by atoms with Crippen LogP contribution in [0.3, 0.4) is 0 Å². The highest BCUT2D eigenvalue weighted by atomic mass is 16.5. The van der Waals surface area contributed by atoms with E-state index in [9.17, 15) is 0 Å². The van der Waals surface area contributed by atoms with Crippen molar-refractivity contribution in [3.05, 3.63) is 108 Å². The van der Waals surface area contributed by atoms with Gasteiger partial charge in [-0.3, -0.25) is 4.98 Å². The van der Waals surface area contributed by atoms with E-state index in [1.165, 1.54) is 5.56 Å². The lowest BCUT2D eigenvalue weighted by molar-refractivity contribution is 0.306. The number of nitrogens with zero attached hydrogens (tertiary/aromatic N) is 1. The van der Waals surface area contributed by atoms with Crippen molar-refractivity contribution in [1.82, 2.24) is 4.98 Å². The highest BCUT2D eigenvalue weighted by Gasteiger charge is 2.03. The van der Waals surface area contributed by atoms with Crippen LogP contribution in [0.2, 0.25) is 0 Å². The molecule has 0 bridgehead atoms. The van der Waals surface area contributed by atoms with Gasteiger partial charge >= 0.3 is 0 Å². The standard InChI is InChI=1S/C26H24N2O2/c1-29-24-13-10-20(11-14-24)17-27-23-12-15-26(28-18-23)22-8-5-9-25(16-22)30-19-21-6-3-2-4-7-21/h2-16,18,27H,17,19H2,1H3. The summed E-state index contributed by atoms with van der Waals surface area (Å²) in [6.07, 6.45) is 1.86. The molecule has 4 heteroatoms. The lowest BCUT2D eigenvalue weighted by atomic mass is 10.1. The van der Waals surface area contributed by atoms with E-state index >= 15 is 0 Å². The van der Waals surface area contributed by atoms with Crippen LogP contribution in [0.25, 0.3) is 11.3 Å². The second kappa shape index (κ2) is 9.61. The first-order valence-corrected chi connectivity index (χ1v) is 9.90. The molecular weight excluding hydrogens is 372 g/mol. The van der Waals surface area contributed by atoms with E-state index in [4.69, 9.17) is 9.47 Å². The van der Waals surface area contributed by atoms with E-state index in [1.54, 1.807) is 7.11 Å². The van der Waals surface area contributed by atoms with Crippen molar-refractivity contribution < 1.29 is 9.47 Å². The van der Waals surface area contributed by atoms with Crippen molar-refractivity contribution in [2.45, 2.75) is 13.2 Å². The van der Waals surface area contributed by atoms with Crippen LogP contribution in [0.1, 0.15) is 11.1 Å². The molecule has 1 heterocycles. The number of pyridine rings is 1. The zero-order valence-corrected chi connectivity index (χ0v) is 16.9. The van der Waals surface area contributed by atoms with Gasteiger partial charge < -0.3 is 14.8 Å². The van der Waals surface area contributed by atoms with Crippen molar-refractivity contribution in [1.29, 1.82) is 0 Å². The molecule has 0 aliphatic heterocycles. The Morgan fingerprint density at radius 2 is 1.60 bits per heavy atom. The van der Waals surface area contributed by atoms with Gasteiger partial charge in [0.2, 0.25) is 0 Å². The number of aromatic nitrogens is 1. The second-order valence-electron chi connectivity index (χ2n) is 6.94. The lowest BCUT2D eigenvalue weighted by Crippen LogP contribution is -2.00. The number of benzene rings is 3. The average molecular weight is 396 g/mol. The molecule has 0 radical (unpaired) electrons. The minimum Gasteiger partial charge on any atom is -0.497 e. The first-order chi connectivity index (χ1) is 14.8. The molecule has 4 rings (SSSR count). The smallest absolute Gasteiger partial charge is 0.120 e. The van der Waals surface area contributed by atoms with Crippen LogP contribution in [-0.2, 0) is 13.2 Å². The third-order valence-corrected chi connectivity index (χ3v) is 4.80. The summed E-state index contributed by atoms with van der Waals surface area (Å²) >= 11 is 0. The molecule has 150 valence electrons. The maximum atomic E-state index is 5.93. The molecular formula is C26H24N2O2. The topological polar surface area (TPSA) is 43.4 Å². The van der Waals surface area contributed by atoms with Crippen LogP contribution in [0.15, 0.2) is 97.2 Å². The molecule has 1 aromatic heterocycles. The highest BCUT2D eigenvalue weighted by molar-refractivity contribution is 5.62. The predicted molar refractivity (Wildman–Crippen MR) is 121 cm³/mol. The van der Waals surface area contributed by atoms with E-state index in [-0.39, 0.29) is 0 Å². The van der Waals surface area contributed by atoms with Gasteiger partial charge in [-0.15, -0.1) is 0 Å². The minimum atomic E-state index is 0.548. The molecule has 0 saturated heterocycles. The summed E-state index contributed by atoms with van der Waals surface area (Å²) in [5.74, 6) is 1.69. The highest BCUT2D eigenvalue weighted by Crippen LogP contribution is 2.24. The summed E-state index contributed by atoms with van der Waals surface area (Å²) < 4.78 is 11.1. The fourth-order valence-corrected chi connectivity index (χ4v) is 3.10. The molecule has 4 nitrogen and oxygen atoms in total. The van der Waals surface area contributed by atoms with Gasteiger partial charge in [-0.1, -0.05) is 54.6 Å². The van der Waals surface area contributed by atoms with Crippen LogP contribution < -0.4 is 14.8 Å². The van der Waals surface area contributed by atoms with Crippen LogP contribution in [0.5, 0.6) is 11.5 Å². The summed E-state index contributed by atoms with van der Waals surface area (Å²) in [5.41, 5.74) is 5.25. The van der Waals surface area contributed by atoms with E-state index in [0.29, 0.717) is 6.61 Å². The molecule has 4 aromatic rings. The molecule has 0 aliphatic carbocycles. The zero-order chi connectivity index (χ0) is 20.6. The lowest BCUT2D eigenvalue weighted by Gasteiger charge is -2.10. The van der Waals surface area contributed by atoms with Gasteiger partial charge in [0.15, 0.2) is 0 Å². The van der Waals surface area contributed by atoms with Crippen molar-refractivity contribution in [2.75, 3.05) is 12.4 Å². The Kier molecular flexibility index (Phi) is 6.25. The van der Waals surface area contributed by atoms with Gasteiger partial charge in [-0.25, -0.2) is 0 Å². The van der Waals surface area contributed by atoms with Crippen molar-refractivity contribution in [2.24, 2.45) is 0 Å². The normalized spacial score (nSPS) is 10.4. The van der Waals surface area contributed by atoms with E-state index in [1.807, 2.05) is 72.9 Å². The molecule has 0 saturated carbocycles. The van der Waals surface area contributed by atoms with Gasteiger partial charge in [0, 0.05) is 12.1 Å². The summed E-state index contributed by atoms with van der Waals surface area (Å²) in [5, 5.41) is 3.40. The molecule has 3 aromatic carbocycles. The molecule has 1 N–H and O–H groups in total. The third-order valence-electron chi connectivity index (χ3n) is 4.80. The summed E-state index contributed by atoms with van der Waals surface area (Å²) in [6, 6.07) is 30.3. The van der Waals surface area contributed by atoms with E-state index in [2.05, 4.69) is 34.6 Å². The SMILES string of the molecule is COc1ccc(CNc2ccc(-c3cccc(OCc4ccccc4)c3)nc2)cc1. The van der Waals surface area contributed by atoms with Crippen LogP contribution >= 0.6 is 0 Å². The van der Waals surface area contributed by atoms with Crippen LogP contribution in [0, 0.1) is 0 Å². The third kappa shape index (κ3) is 5.17. The fraction of sp³-hybridized carbons (Fsp3) is 0.115. The summed E-state index contributed by atoms with van der Waals surface area (Å²) in [7, 11) is 1.67.